The number of likely N-dealkylation sites (tertiary alicyclic amines) is 1. The second-order valence-electron chi connectivity index (χ2n) is 6.63. The number of rotatable bonds is 4. The summed E-state index contributed by atoms with van der Waals surface area (Å²) in [5.41, 5.74) is 3.66. The minimum absolute atomic E-state index is 0.204. The summed E-state index contributed by atoms with van der Waals surface area (Å²) in [6, 6.07) is 8.68. The first-order valence-corrected chi connectivity index (χ1v) is 8.59. The molecule has 1 aromatic carbocycles. The van der Waals surface area contributed by atoms with E-state index in [2.05, 4.69) is 5.10 Å². The summed E-state index contributed by atoms with van der Waals surface area (Å²) in [5.74, 6) is -1.13. The lowest BCUT2D eigenvalue weighted by molar-refractivity contribution is -0.143. The van der Waals surface area contributed by atoms with Gasteiger partial charge in [-0.05, 0) is 56.9 Å². The minimum atomic E-state index is -0.922. The lowest BCUT2D eigenvalue weighted by atomic mass is 10.0. The van der Waals surface area contributed by atoms with Gasteiger partial charge in [-0.25, -0.2) is 4.79 Å². The molecule has 0 aliphatic carbocycles. The van der Waals surface area contributed by atoms with Crippen LogP contribution in [0.15, 0.2) is 30.3 Å². The topological polar surface area (TPSA) is 75.4 Å². The van der Waals surface area contributed by atoms with Crippen LogP contribution in [0.3, 0.4) is 0 Å². The molecule has 3 rings (SSSR count). The highest BCUT2D eigenvalue weighted by molar-refractivity contribution is 5.96. The second kappa shape index (κ2) is 7.09. The molecule has 0 spiro atoms. The quantitative estimate of drug-likeness (QED) is 0.927. The Morgan fingerprint density at radius 2 is 1.92 bits per heavy atom. The van der Waals surface area contributed by atoms with E-state index >= 15 is 0 Å². The molecule has 1 fully saturated rings. The van der Waals surface area contributed by atoms with Gasteiger partial charge in [0, 0.05) is 17.8 Å². The number of piperidine rings is 1. The number of carboxylic acids is 1. The number of amides is 1. The van der Waals surface area contributed by atoms with Gasteiger partial charge in [-0.1, -0.05) is 12.1 Å². The molecule has 6 nitrogen and oxygen atoms in total. The Labute approximate surface area is 147 Å². The summed E-state index contributed by atoms with van der Waals surface area (Å²) in [6.45, 7) is 5.13. The van der Waals surface area contributed by atoms with Crippen molar-refractivity contribution in [3.63, 3.8) is 0 Å². The number of aryl methyl sites for hydroxylation is 2. The number of aliphatic carboxylic acids is 1. The number of aromatic nitrogens is 2. The van der Waals surface area contributed by atoms with Gasteiger partial charge in [-0.2, -0.15) is 5.10 Å². The normalized spacial score (nSPS) is 17.5. The Balaban J connectivity index is 1.74. The molecule has 132 valence electrons. The molecule has 2 heterocycles. The smallest absolute Gasteiger partial charge is 0.326 e. The summed E-state index contributed by atoms with van der Waals surface area (Å²) < 4.78 is 1.93. The first-order chi connectivity index (χ1) is 12.0. The summed E-state index contributed by atoms with van der Waals surface area (Å²) in [7, 11) is 0. The van der Waals surface area contributed by atoms with Crippen LogP contribution in [-0.2, 0) is 11.3 Å². The molecule has 6 heteroatoms. The van der Waals surface area contributed by atoms with Gasteiger partial charge < -0.3 is 10.0 Å². The van der Waals surface area contributed by atoms with Crippen molar-refractivity contribution in [3.05, 3.63) is 52.8 Å². The van der Waals surface area contributed by atoms with Gasteiger partial charge in [0.25, 0.3) is 5.91 Å². The molecule has 0 radical (unpaired) electrons. The minimum Gasteiger partial charge on any atom is -0.480 e. The molecule has 1 amide bonds. The van der Waals surface area contributed by atoms with Crippen LogP contribution < -0.4 is 0 Å². The average Bonchev–Trinajstić information content (AvgIpc) is 2.92. The fraction of sp³-hybridized carbons (Fsp3) is 0.421. The molecular weight excluding hydrogens is 318 g/mol. The zero-order valence-corrected chi connectivity index (χ0v) is 14.6. The highest BCUT2D eigenvalue weighted by atomic mass is 16.4. The van der Waals surface area contributed by atoms with Crippen LogP contribution in [0.25, 0.3) is 0 Å². The highest BCUT2D eigenvalue weighted by Gasteiger charge is 2.32. The first-order valence-electron chi connectivity index (χ1n) is 8.59. The third-order valence-corrected chi connectivity index (χ3v) is 4.69. The number of carbonyl (C=O) groups excluding carboxylic acids is 1. The molecule has 1 saturated heterocycles. The van der Waals surface area contributed by atoms with Crippen LogP contribution in [0.1, 0.15) is 46.6 Å². The Morgan fingerprint density at radius 1 is 1.20 bits per heavy atom. The van der Waals surface area contributed by atoms with Crippen molar-refractivity contribution in [3.8, 4) is 0 Å². The number of carbonyl (C=O) groups is 2. The SMILES string of the molecule is Cc1cc(C)n(Cc2ccc(C(=O)N3CCCC[C@H]3C(=O)O)cc2)n1. The van der Waals surface area contributed by atoms with E-state index < -0.39 is 12.0 Å². The number of hydrogen-bond donors (Lipinski definition) is 1. The van der Waals surface area contributed by atoms with Gasteiger partial charge in [0.05, 0.1) is 12.2 Å². The molecule has 25 heavy (non-hydrogen) atoms. The van der Waals surface area contributed by atoms with Crippen LogP contribution >= 0.6 is 0 Å². The van der Waals surface area contributed by atoms with Crippen molar-refractivity contribution >= 4 is 11.9 Å². The van der Waals surface area contributed by atoms with Crippen LogP contribution in [0.4, 0.5) is 0 Å². The maximum absolute atomic E-state index is 12.7. The largest absolute Gasteiger partial charge is 0.480 e. The lowest BCUT2D eigenvalue weighted by Crippen LogP contribution is -2.47. The average molecular weight is 341 g/mol. The van der Waals surface area contributed by atoms with Gasteiger partial charge >= 0.3 is 5.97 Å². The van der Waals surface area contributed by atoms with Crippen molar-refractivity contribution in [1.29, 1.82) is 0 Å². The molecule has 1 aliphatic rings. The third kappa shape index (κ3) is 3.73. The molecular formula is C19H23N3O3. The van der Waals surface area contributed by atoms with E-state index in [0.717, 1.165) is 29.8 Å². The standard InChI is InChI=1S/C19H23N3O3/c1-13-11-14(2)22(20-13)12-15-6-8-16(9-7-15)18(23)21-10-4-3-5-17(21)19(24)25/h6-9,11,17H,3-5,10,12H2,1-2H3,(H,24,25)/t17-/m0/s1. The van der Waals surface area contributed by atoms with Crippen LogP contribution in [0.5, 0.6) is 0 Å². The molecule has 1 aromatic heterocycles. The Hall–Kier alpha value is -2.63. The van der Waals surface area contributed by atoms with E-state index in [1.54, 1.807) is 12.1 Å². The third-order valence-electron chi connectivity index (χ3n) is 4.69. The van der Waals surface area contributed by atoms with Gasteiger partial charge in [-0.15, -0.1) is 0 Å². The van der Waals surface area contributed by atoms with Crippen molar-refractivity contribution in [2.24, 2.45) is 0 Å². The predicted octanol–water partition coefficient (Wildman–Crippen LogP) is 2.63. The molecule has 1 atom stereocenters. The second-order valence-corrected chi connectivity index (χ2v) is 6.63. The molecule has 0 saturated carbocycles. The zero-order valence-electron chi connectivity index (χ0n) is 14.6. The lowest BCUT2D eigenvalue weighted by Gasteiger charge is -2.33. The number of hydrogen-bond acceptors (Lipinski definition) is 3. The number of nitrogens with zero attached hydrogens (tertiary/aromatic N) is 3. The Bertz CT molecular complexity index is 780. The van der Waals surface area contributed by atoms with Crippen LogP contribution in [0.2, 0.25) is 0 Å². The number of benzene rings is 1. The summed E-state index contributed by atoms with van der Waals surface area (Å²) in [5, 5.41) is 13.8. The fourth-order valence-electron chi connectivity index (χ4n) is 3.36. The van der Waals surface area contributed by atoms with Crippen molar-refractivity contribution in [2.45, 2.75) is 45.7 Å². The monoisotopic (exact) mass is 341 g/mol. The van der Waals surface area contributed by atoms with Crippen LogP contribution in [0, 0.1) is 13.8 Å². The maximum atomic E-state index is 12.7. The van der Waals surface area contributed by atoms with E-state index in [9.17, 15) is 14.7 Å². The van der Waals surface area contributed by atoms with Gasteiger partial charge in [0.15, 0.2) is 0 Å². The van der Waals surface area contributed by atoms with E-state index in [1.165, 1.54) is 4.90 Å². The van der Waals surface area contributed by atoms with Gasteiger partial charge in [0.2, 0.25) is 0 Å². The van der Waals surface area contributed by atoms with Crippen molar-refractivity contribution in [1.82, 2.24) is 14.7 Å². The van der Waals surface area contributed by atoms with Gasteiger partial charge in [-0.3, -0.25) is 9.48 Å². The zero-order chi connectivity index (χ0) is 18.0. The van der Waals surface area contributed by atoms with E-state index in [1.807, 2.05) is 36.7 Å². The van der Waals surface area contributed by atoms with Crippen LogP contribution in [-0.4, -0.2) is 44.3 Å². The van der Waals surface area contributed by atoms with E-state index in [0.29, 0.717) is 25.1 Å². The van der Waals surface area contributed by atoms with Crippen molar-refractivity contribution in [2.75, 3.05) is 6.54 Å². The highest BCUT2D eigenvalue weighted by Crippen LogP contribution is 2.20. The Kier molecular flexibility index (Phi) is 4.88. The van der Waals surface area contributed by atoms with Crippen molar-refractivity contribution < 1.29 is 14.7 Å². The number of carboxylic acid groups (broad SMARTS) is 1. The summed E-state index contributed by atoms with van der Waals surface area (Å²) >= 11 is 0. The van der Waals surface area contributed by atoms with E-state index in [-0.39, 0.29) is 5.91 Å². The van der Waals surface area contributed by atoms with Gasteiger partial charge in [0.1, 0.15) is 6.04 Å². The summed E-state index contributed by atoms with van der Waals surface area (Å²) in [4.78, 5) is 25.6. The van der Waals surface area contributed by atoms with E-state index in [4.69, 9.17) is 0 Å². The molecule has 0 unspecified atom stereocenters. The first kappa shape index (κ1) is 17.2. The molecule has 1 aliphatic heterocycles. The Morgan fingerprint density at radius 3 is 2.52 bits per heavy atom. The molecule has 2 aromatic rings. The summed E-state index contributed by atoms with van der Waals surface area (Å²) in [6.07, 6.45) is 2.23. The molecule has 1 N–H and O–H groups in total. The maximum Gasteiger partial charge on any atom is 0.326 e. The molecule has 0 bridgehead atoms. The fourth-order valence-corrected chi connectivity index (χ4v) is 3.36. The predicted molar refractivity (Wildman–Crippen MR) is 93.6 cm³/mol.